The van der Waals surface area contributed by atoms with Crippen LogP contribution in [0.3, 0.4) is 0 Å². The Morgan fingerprint density at radius 1 is 0.903 bits per heavy atom. The number of hydrogen-bond acceptors (Lipinski definition) is 5. The first-order valence-electron chi connectivity index (χ1n) is 9.58. The van der Waals surface area contributed by atoms with Crippen LogP contribution in [0, 0.1) is 11.3 Å². The quantitative estimate of drug-likeness (QED) is 0.301. The number of fused-ring (bicyclic) bond motifs is 1. The smallest absolute Gasteiger partial charge is 0.267 e. The highest BCUT2D eigenvalue weighted by Gasteiger charge is 2.13. The molecule has 0 aliphatic rings. The Morgan fingerprint density at radius 2 is 1.65 bits per heavy atom. The molecule has 0 saturated carbocycles. The third kappa shape index (κ3) is 4.92. The van der Waals surface area contributed by atoms with Crippen molar-refractivity contribution in [3.05, 3.63) is 103 Å². The lowest BCUT2D eigenvalue weighted by Gasteiger charge is -2.11. The van der Waals surface area contributed by atoms with Gasteiger partial charge < -0.3 is 10.6 Å². The number of carbonyl (C=O) groups is 1. The fourth-order valence-electron chi connectivity index (χ4n) is 2.98. The first-order chi connectivity index (χ1) is 15.2. The van der Waals surface area contributed by atoms with Gasteiger partial charge >= 0.3 is 0 Å². The van der Waals surface area contributed by atoms with Gasteiger partial charge in [-0.2, -0.15) is 5.26 Å². The first-order valence-corrected chi connectivity index (χ1v) is 10.4. The van der Waals surface area contributed by atoms with Crippen LogP contribution in [-0.2, 0) is 4.79 Å². The molecule has 0 spiro atoms. The standard InChI is InChI=1S/C25H18N4OS/c26-16-19(17-28-22-13-6-8-18-9-7-15-27-24(18)22)25(30)29-21-12-4-5-14-23(21)31-20-10-2-1-3-11-20/h1-15,17,28H,(H,29,30)/b19-17-. The van der Waals surface area contributed by atoms with Gasteiger partial charge in [0.2, 0.25) is 0 Å². The van der Waals surface area contributed by atoms with Gasteiger partial charge in [0.15, 0.2) is 0 Å². The average molecular weight is 423 g/mol. The monoisotopic (exact) mass is 422 g/mol. The van der Waals surface area contributed by atoms with Gasteiger partial charge in [-0.15, -0.1) is 0 Å². The lowest BCUT2D eigenvalue weighted by atomic mass is 10.2. The summed E-state index contributed by atoms with van der Waals surface area (Å²) in [5, 5.41) is 16.4. The molecular formula is C25H18N4OS. The summed E-state index contributed by atoms with van der Waals surface area (Å²) in [6.07, 6.45) is 3.11. The molecule has 0 fully saturated rings. The lowest BCUT2D eigenvalue weighted by Crippen LogP contribution is -2.15. The van der Waals surface area contributed by atoms with Crippen molar-refractivity contribution in [2.45, 2.75) is 9.79 Å². The third-order valence-corrected chi connectivity index (χ3v) is 5.56. The molecule has 31 heavy (non-hydrogen) atoms. The van der Waals surface area contributed by atoms with Crippen LogP contribution in [0.25, 0.3) is 10.9 Å². The number of amides is 1. The van der Waals surface area contributed by atoms with Gasteiger partial charge in [0.25, 0.3) is 5.91 Å². The highest BCUT2D eigenvalue weighted by Crippen LogP contribution is 2.33. The summed E-state index contributed by atoms with van der Waals surface area (Å²) in [7, 11) is 0. The first kappa shape index (κ1) is 20.2. The number of benzene rings is 3. The Labute approximate surface area is 184 Å². The second-order valence-corrected chi connectivity index (χ2v) is 7.68. The average Bonchev–Trinajstić information content (AvgIpc) is 2.81. The van der Waals surface area contributed by atoms with Gasteiger partial charge in [-0.1, -0.05) is 60.3 Å². The number of nitriles is 1. The molecule has 1 amide bonds. The summed E-state index contributed by atoms with van der Waals surface area (Å²) < 4.78 is 0. The molecular weight excluding hydrogens is 404 g/mol. The van der Waals surface area contributed by atoms with Crippen LogP contribution in [0.5, 0.6) is 0 Å². The minimum Gasteiger partial charge on any atom is -0.358 e. The van der Waals surface area contributed by atoms with E-state index in [1.54, 1.807) is 18.0 Å². The largest absolute Gasteiger partial charge is 0.358 e. The summed E-state index contributed by atoms with van der Waals surface area (Å²) in [4.78, 5) is 19.1. The van der Waals surface area contributed by atoms with Gasteiger partial charge in [-0.25, -0.2) is 0 Å². The van der Waals surface area contributed by atoms with Crippen molar-refractivity contribution in [1.82, 2.24) is 4.98 Å². The minimum absolute atomic E-state index is 0.0348. The van der Waals surface area contributed by atoms with Crippen molar-refractivity contribution in [2.75, 3.05) is 10.6 Å². The number of carbonyl (C=O) groups excluding carboxylic acids is 1. The summed E-state index contributed by atoms with van der Waals surface area (Å²) >= 11 is 1.55. The Bertz CT molecular complexity index is 1290. The zero-order chi connectivity index (χ0) is 21.5. The highest BCUT2D eigenvalue weighted by molar-refractivity contribution is 7.99. The van der Waals surface area contributed by atoms with E-state index in [4.69, 9.17) is 0 Å². The van der Waals surface area contributed by atoms with Crippen molar-refractivity contribution in [3.63, 3.8) is 0 Å². The zero-order valence-electron chi connectivity index (χ0n) is 16.4. The fourth-order valence-corrected chi connectivity index (χ4v) is 3.91. The normalized spacial score (nSPS) is 11.0. The number of para-hydroxylation sites is 2. The molecule has 0 saturated heterocycles. The Balaban J connectivity index is 1.53. The van der Waals surface area contributed by atoms with Crippen LogP contribution in [0.15, 0.2) is 113 Å². The molecule has 6 heteroatoms. The van der Waals surface area contributed by atoms with Crippen molar-refractivity contribution in [1.29, 1.82) is 5.26 Å². The van der Waals surface area contributed by atoms with E-state index in [9.17, 15) is 10.1 Å². The van der Waals surface area contributed by atoms with E-state index in [2.05, 4.69) is 15.6 Å². The molecule has 0 radical (unpaired) electrons. The summed E-state index contributed by atoms with van der Waals surface area (Å²) in [6.45, 7) is 0. The number of anilines is 2. The molecule has 0 aliphatic heterocycles. The van der Waals surface area contributed by atoms with Crippen molar-refractivity contribution in [3.8, 4) is 6.07 Å². The summed E-state index contributed by atoms with van der Waals surface area (Å²) in [5.74, 6) is -0.482. The van der Waals surface area contributed by atoms with Crippen LogP contribution >= 0.6 is 11.8 Å². The van der Waals surface area contributed by atoms with Gasteiger partial charge in [-0.3, -0.25) is 9.78 Å². The molecule has 4 aromatic rings. The van der Waals surface area contributed by atoms with Crippen molar-refractivity contribution in [2.24, 2.45) is 0 Å². The van der Waals surface area contributed by atoms with E-state index in [0.29, 0.717) is 5.69 Å². The Morgan fingerprint density at radius 3 is 2.48 bits per heavy atom. The summed E-state index contributed by atoms with van der Waals surface area (Å²) in [5.41, 5.74) is 2.10. The predicted octanol–water partition coefficient (Wildman–Crippen LogP) is 5.84. The molecule has 5 nitrogen and oxygen atoms in total. The van der Waals surface area contributed by atoms with Crippen molar-refractivity contribution < 1.29 is 4.79 Å². The number of nitrogens with one attached hydrogen (secondary N) is 2. The maximum atomic E-state index is 12.8. The Hall–Kier alpha value is -4.08. The fraction of sp³-hybridized carbons (Fsp3) is 0. The van der Waals surface area contributed by atoms with Crippen LogP contribution in [-0.4, -0.2) is 10.9 Å². The number of pyridine rings is 1. The predicted molar refractivity (Wildman–Crippen MR) is 125 cm³/mol. The topological polar surface area (TPSA) is 77.8 Å². The Kier molecular flexibility index (Phi) is 6.26. The number of aromatic nitrogens is 1. The summed E-state index contributed by atoms with van der Waals surface area (Å²) in [6, 6.07) is 28.9. The van der Waals surface area contributed by atoms with E-state index in [1.165, 1.54) is 6.20 Å². The molecule has 0 unspecified atom stereocenters. The van der Waals surface area contributed by atoms with Crippen molar-refractivity contribution >= 4 is 39.9 Å². The van der Waals surface area contributed by atoms with E-state index in [1.807, 2.05) is 91.0 Å². The van der Waals surface area contributed by atoms with E-state index >= 15 is 0 Å². The number of hydrogen-bond donors (Lipinski definition) is 2. The second-order valence-electron chi connectivity index (χ2n) is 6.56. The molecule has 2 N–H and O–H groups in total. The number of rotatable bonds is 6. The van der Waals surface area contributed by atoms with Crippen LogP contribution in [0.2, 0.25) is 0 Å². The highest BCUT2D eigenvalue weighted by atomic mass is 32.2. The van der Waals surface area contributed by atoms with E-state index in [-0.39, 0.29) is 5.57 Å². The van der Waals surface area contributed by atoms with E-state index in [0.717, 1.165) is 26.4 Å². The SMILES string of the molecule is N#C/C(=C/Nc1cccc2cccnc12)C(=O)Nc1ccccc1Sc1ccccc1. The van der Waals surface area contributed by atoms with Gasteiger partial charge in [0.1, 0.15) is 11.6 Å². The molecule has 150 valence electrons. The van der Waals surface area contributed by atoms with Gasteiger partial charge in [-0.05, 0) is 36.4 Å². The molecule has 1 aromatic heterocycles. The lowest BCUT2D eigenvalue weighted by molar-refractivity contribution is -0.112. The molecule has 3 aromatic carbocycles. The zero-order valence-corrected chi connectivity index (χ0v) is 17.3. The van der Waals surface area contributed by atoms with Crippen LogP contribution in [0.1, 0.15) is 0 Å². The third-order valence-electron chi connectivity index (χ3n) is 4.48. The van der Waals surface area contributed by atoms with Gasteiger partial charge in [0.05, 0.1) is 16.9 Å². The molecule has 1 heterocycles. The van der Waals surface area contributed by atoms with E-state index < -0.39 is 5.91 Å². The second kappa shape index (κ2) is 9.61. The molecule has 0 bridgehead atoms. The maximum Gasteiger partial charge on any atom is 0.267 e. The number of nitrogens with zero attached hydrogens (tertiary/aromatic N) is 2. The molecule has 0 aliphatic carbocycles. The van der Waals surface area contributed by atoms with Gasteiger partial charge in [0, 0.05) is 27.6 Å². The van der Waals surface area contributed by atoms with Crippen LogP contribution < -0.4 is 10.6 Å². The minimum atomic E-state index is -0.482. The maximum absolute atomic E-state index is 12.8. The van der Waals surface area contributed by atoms with Crippen LogP contribution in [0.4, 0.5) is 11.4 Å². The molecule has 4 rings (SSSR count). The molecule has 0 atom stereocenters.